The summed E-state index contributed by atoms with van der Waals surface area (Å²) in [5.74, 6) is 1.50. The predicted molar refractivity (Wildman–Crippen MR) is 113 cm³/mol. The Bertz CT molecular complexity index is 946. The number of carbonyl (C=O) groups is 1. The van der Waals surface area contributed by atoms with Crippen LogP contribution in [0.4, 0.5) is 11.5 Å². The molecule has 0 atom stereocenters. The molecule has 7 heteroatoms. The lowest BCUT2D eigenvalue weighted by Crippen LogP contribution is -2.24. The Balaban J connectivity index is 1.71. The standard InChI is InChI=1S/C22H24N4O3/c1-4-26(15-16-8-6-5-7-9-16)21-14-23-19(13-24-21)22(27)25-18-11-10-17(28-2)12-20(18)29-3/h5-14H,4,15H2,1-3H3,(H,25,27). The van der Waals surface area contributed by atoms with Gasteiger partial charge in [-0.2, -0.15) is 0 Å². The van der Waals surface area contributed by atoms with Gasteiger partial charge in [0.05, 0.1) is 32.3 Å². The molecule has 3 aromatic rings. The second-order valence-electron chi connectivity index (χ2n) is 6.28. The first-order valence-electron chi connectivity index (χ1n) is 9.29. The van der Waals surface area contributed by atoms with Crippen LogP contribution in [0.3, 0.4) is 0 Å². The van der Waals surface area contributed by atoms with Crippen molar-refractivity contribution in [3.05, 3.63) is 72.2 Å². The van der Waals surface area contributed by atoms with E-state index in [1.807, 2.05) is 18.2 Å². The zero-order valence-electron chi connectivity index (χ0n) is 16.8. The van der Waals surface area contributed by atoms with E-state index in [1.165, 1.54) is 18.9 Å². The van der Waals surface area contributed by atoms with Gasteiger partial charge in [-0.15, -0.1) is 0 Å². The Kier molecular flexibility index (Phi) is 6.63. The molecule has 0 saturated heterocycles. The minimum Gasteiger partial charge on any atom is -0.497 e. The molecule has 1 amide bonds. The van der Waals surface area contributed by atoms with Crippen molar-refractivity contribution in [3.8, 4) is 11.5 Å². The molecule has 150 valence electrons. The van der Waals surface area contributed by atoms with Crippen LogP contribution in [-0.2, 0) is 6.54 Å². The Morgan fingerprint density at radius 1 is 1.03 bits per heavy atom. The molecule has 0 aliphatic rings. The first-order valence-corrected chi connectivity index (χ1v) is 9.29. The minimum atomic E-state index is -0.362. The van der Waals surface area contributed by atoms with Gasteiger partial charge in [0.1, 0.15) is 23.0 Å². The third-order valence-electron chi connectivity index (χ3n) is 4.45. The van der Waals surface area contributed by atoms with Crippen LogP contribution in [0.25, 0.3) is 0 Å². The number of amides is 1. The monoisotopic (exact) mass is 392 g/mol. The molecular weight excluding hydrogens is 368 g/mol. The number of hydrogen-bond acceptors (Lipinski definition) is 6. The summed E-state index contributed by atoms with van der Waals surface area (Å²) in [5, 5.41) is 2.80. The number of methoxy groups -OCH3 is 2. The minimum absolute atomic E-state index is 0.224. The molecule has 3 rings (SSSR count). The van der Waals surface area contributed by atoms with Crippen molar-refractivity contribution >= 4 is 17.4 Å². The number of benzene rings is 2. The summed E-state index contributed by atoms with van der Waals surface area (Å²) >= 11 is 0. The fourth-order valence-electron chi connectivity index (χ4n) is 2.85. The van der Waals surface area contributed by atoms with E-state index in [1.54, 1.807) is 31.5 Å². The van der Waals surface area contributed by atoms with E-state index in [0.29, 0.717) is 17.2 Å². The molecule has 0 bridgehead atoms. The van der Waals surface area contributed by atoms with Crippen molar-refractivity contribution in [2.24, 2.45) is 0 Å². The summed E-state index contributed by atoms with van der Waals surface area (Å²) in [5.41, 5.74) is 1.94. The third kappa shape index (κ3) is 5.01. The first kappa shape index (κ1) is 20.1. The molecule has 0 saturated carbocycles. The number of rotatable bonds is 8. The third-order valence-corrected chi connectivity index (χ3v) is 4.45. The number of hydrogen-bond donors (Lipinski definition) is 1. The van der Waals surface area contributed by atoms with Gasteiger partial charge < -0.3 is 19.7 Å². The first-order chi connectivity index (χ1) is 14.1. The number of nitrogens with zero attached hydrogens (tertiary/aromatic N) is 3. The second kappa shape index (κ2) is 9.54. The van der Waals surface area contributed by atoms with E-state index in [9.17, 15) is 4.79 Å². The maximum absolute atomic E-state index is 12.6. The van der Waals surface area contributed by atoms with Gasteiger partial charge in [0.15, 0.2) is 0 Å². The number of ether oxygens (including phenoxy) is 2. The van der Waals surface area contributed by atoms with E-state index < -0.39 is 0 Å². The molecule has 1 N–H and O–H groups in total. The highest BCUT2D eigenvalue weighted by atomic mass is 16.5. The summed E-state index contributed by atoms with van der Waals surface area (Å²) in [6.45, 7) is 3.56. The molecule has 7 nitrogen and oxygen atoms in total. The SMILES string of the molecule is CCN(Cc1ccccc1)c1cnc(C(=O)Nc2ccc(OC)cc2OC)cn1. The number of carbonyl (C=O) groups excluding carboxylic acids is 1. The summed E-state index contributed by atoms with van der Waals surface area (Å²) in [7, 11) is 3.10. The summed E-state index contributed by atoms with van der Waals surface area (Å²) in [6.07, 6.45) is 3.10. The highest BCUT2D eigenvalue weighted by Crippen LogP contribution is 2.29. The number of nitrogens with one attached hydrogen (secondary N) is 1. The van der Waals surface area contributed by atoms with Gasteiger partial charge in [-0.05, 0) is 24.6 Å². The maximum atomic E-state index is 12.6. The number of anilines is 2. The van der Waals surface area contributed by atoms with E-state index in [4.69, 9.17) is 9.47 Å². The molecule has 0 spiro atoms. The van der Waals surface area contributed by atoms with Crippen LogP contribution in [0.1, 0.15) is 23.0 Å². The van der Waals surface area contributed by atoms with E-state index in [-0.39, 0.29) is 11.6 Å². The molecule has 0 unspecified atom stereocenters. The maximum Gasteiger partial charge on any atom is 0.275 e. The van der Waals surface area contributed by atoms with Crippen molar-refractivity contribution in [3.63, 3.8) is 0 Å². The van der Waals surface area contributed by atoms with Crippen LogP contribution in [0.2, 0.25) is 0 Å². The van der Waals surface area contributed by atoms with Crippen LogP contribution < -0.4 is 19.7 Å². The van der Waals surface area contributed by atoms with Gasteiger partial charge in [0, 0.05) is 19.2 Å². The molecule has 1 heterocycles. The van der Waals surface area contributed by atoms with Crippen molar-refractivity contribution in [1.82, 2.24) is 9.97 Å². The Morgan fingerprint density at radius 2 is 1.83 bits per heavy atom. The summed E-state index contributed by atoms with van der Waals surface area (Å²) in [6, 6.07) is 15.3. The molecule has 2 aromatic carbocycles. The van der Waals surface area contributed by atoms with Crippen LogP contribution in [0.5, 0.6) is 11.5 Å². The highest BCUT2D eigenvalue weighted by Gasteiger charge is 2.14. The zero-order valence-corrected chi connectivity index (χ0v) is 16.8. The largest absolute Gasteiger partial charge is 0.497 e. The topological polar surface area (TPSA) is 76.6 Å². The average molecular weight is 392 g/mol. The van der Waals surface area contributed by atoms with Gasteiger partial charge >= 0.3 is 0 Å². The lowest BCUT2D eigenvalue weighted by Gasteiger charge is -2.21. The summed E-state index contributed by atoms with van der Waals surface area (Å²) < 4.78 is 10.5. The molecule has 1 aromatic heterocycles. The smallest absolute Gasteiger partial charge is 0.275 e. The van der Waals surface area contributed by atoms with Gasteiger partial charge in [0.2, 0.25) is 0 Å². The molecule has 29 heavy (non-hydrogen) atoms. The lowest BCUT2D eigenvalue weighted by molar-refractivity contribution is 0.102. The molecule has 0 fully saturated rings. The van der Waals surface area contributed by atoms with Gasteiger partial charge in [-0.25, -0.2) is 9.97 Å². The fourth-order valence-corrected chi connectivity index (χ4v) is 2.85. The Morgan fingerprint density at radius 3 is 2.45 bits per heavy atom. The lowest BCUT2D eigenvalue weighted by atomic mass is 10.2. The fraction of sp³-hybridized carbons (Fsp3) is 0.227. The highest BCUT2D eigenvalue weighted by molar-refractivity contribution is 6.03. The van der Waals surface area contributed by atoms with Crippen molar-refractivity contribution in [1.29, 1.82) is 0 Å². The Labute approximate surface area is 170 Å². The average Bonchev–Trinajstić information content (AvgIpc) is 2.78. The van der Waals surface area contributed by atoms with Gasteiger partial charge in [0.25, 0.3) is 5.91 Å². The molecular formula is C22H24N4O3. The molecule has 0 aliphatic heterocycles. The van der Waals surface area contributed by atoms with Crippen molar-refractivity contribution in [2.45, 2.75) is 13.5 Å². The second-order valence-corrected chi connectivity index (χ2v) is 6.28. The van der Waals surface area contributed by atoms with E-state index in [2.05, 4.69) is 39.2 Å². The Hall–Kier alpha value is -3.61. The van der Waals surface area contributed by atoms with Crippen molar-refractivity contribution < 1.29 is 14.3 Å². The normalized spacial score (nSPS) is 10.3. The van der Waals surface area contributed by atoms with Crippen LogP contribution in [-0.4, -0.2) is 36.6 Å². The van der Waals surface area contributed by atoms with E-state index >= 15 is 0 Å². The number of aromatic nitrogens is 2. The van der Waals surface area contributed by atoms with Crippen molar-refractivity contribution in [2.75, 3.05) is 31.0 Å². The summed E-state index contributed by atoms with van der Waals surface area (Å²) in [4.78, 5) is 23.4. The predicted octanol–water partition coefficient (Wildman–Crippen LogP) is 3.77. The van der Waals surface area contributed by atoms with E-state index in [0.717, 1.165) is 18.9 Å². The van der Waals surface area contributed by atoms with Crippen LogP contribution in [0.15, 0.2) is 60.9 Å². The molecule has 0 radical (unpaired) electrons. The van der Waals surface area contributed by atoms with Gasteiger partial charge in [-0.3, -0.25) is 4.79 Å². The molecule has 0 aliphatic carbocycles. The quantitative estimate of drug-likeness (QED) is 0.629. The van der Waals surface area contributed by atoms with Crippen LogP contribution >= 0.6 is 0 Å². The zero-order chi connectivity index (χ0) is 20.6. The van der Waals surface area contributed by atoms with Crippen LogP contribution in [0, 0.1) is 0 Å². The van der Waals surface area contributed by atoms with Gasteiger partial charge in [-0.1, -0.05) is 30.3 Å².